The lowest BCUT2D eigenvalue weighted by Gasteiger charge is -2.08. The summed E-state index contributed by atoms with van der Waals surface area (Å²) in [6.07, 6.45) is 0.174. The Bertz CT molecular complexity index is 989. The van der Waals surface area contributed by atoms with Gasteiger partial charge in [-0.3, -0.25) is 4.79 Å². The second-order valence-electron chi connectivity index (χ2n) is 5.72. The van der Waals surface area contributed by atoms with E-state index in [1.54, 1.807) is 7.11 Å². The number of thioether (sulfide) groups is 1. The minimum atomic E-state index is -0.654. The summed E-state index contributed by atoms with van der Waals surface area (Å²) in [4.78, 5) is 19.4. The minimum absolute atomic E-state index is 0.174. The van der Waals surface area contributed by atoms with Crippen LogP contribution in [0.5, 0.6) is 5.75 Å². The van der Waals surface area contributed by atoms with Crippen molar-refractivity contribution in [1.29, 1.82) is 0 Å². The van der Waals surface area contributed by atoms with Crippen molar-refractivity contribution in [2.24, 2.45) is 0 Å². The van der Waals surface area contributed by atoms with Crippen molar-refractivity contribution in [3.8, 4) is 5.75 Å². The van der Waals surface area contributed by atoms with Crippen molar-refractivity contribution >= 4 is 34.4 Å². The highest BCUT2D eigenvalue weighted by Gasteiger charge is 2.12. The highest BCUT2D eigenvalue weighted by Crippen LogP contribution is 2.22. The number of rotatable bonds is 6. The first-order valence-corrected chi connectivity index (χ1v) is 10.0. The molecule has 2 aromatic carbocycles. The molecule has 0 amide bonds. The molecule has 0 bridgehead atoms. The molecule has 1 heterocycles. The van der Waals surface area contributed by atoms with E-state index >= 15 is 0 Å². The van der Waals surface area contributed by atoms with Crippen LogP contribution in [0.1, 0.15) is 16.8 Å². The normalized spacial score (nSPS) is 10.8. The van der Waals surface area contributed by atoms with Crippen LogP contribution in [0.15, 0.2) is 52.4 Å². The SMILES string of the molecule is COc1ccc(CSc2nc(Cc3cc(F)cc(F)c3)c(I)c(=O)[nH]2)cc1. The Labute approximate surface area is 172 Å². The zero-order chi connectivity index (χ0) is 19.4. The summed E-state index contributed by atoms with van der Waals surface area (Å²) in [6, 6.07) is 10.9. The highest BCUT2D eigenvalue weighted by atomic mass is 127. The summed E-state index contributed by atoms with van der Waals surface area (Å²) < 4.78 is 32.4. The summed E-state index contributed by atoms with van der Waals surface area (Å²) in [7, 11) is 1.61. The molecule has 4 nitrogen and oxygen atoms in total. The van der Waals surface area contributed by atoms with Gasteiger partial charge in [0.05, 0.1) is 12.8 Å². The lowest BCUT2D eigenvalue weighted by molar-refractivity contribution is 0.414. The molecular weight excluding hydrogens is 485 g/mol. The first-order valence-electron chi connectivity index (χ1n) is 7.94. The van der Waals surface area contributed by atoms with Gasteiger partial charge in [0.15, 0.2) is 5.16 Å². The maximum Gasteiger partial charge on any atom is 0.265 e. The van der Waals surface area contributed by atoms with Gasteiger partial charge in [0.2, 0.25) is 0 Å². The maximum absolute atomic E-state index is 13.4. The fourth-order valence-corrected chi connectivity index (χ4v) is 3.73. The van der Waals surface area contributed by atoms with Crippen LogP contribution in [0, 0.1) is 15.2 Å². The molecule has 0 radical (unpaired) electrons. The second-order valence-corrected chi connectivity index (χ2v) is 7.77. The van der Waals surface area contributed by atoms with E-state index in [0.29, 0.717) is 25.7 Å². The zero-order valence-corrected chi connectivity index (χ0v) is 17.2. The number of H-pyrrole nitrogens is 1. The molecule has 1 aromatic heterocycles. The van der Waals surface area contributed by atoms with Crippen LogP contribution in [0.2, 0.25) is 0 Å². The summed E-state index contributed by atoms with van der Waals surface area (Å²) in [5.74, 6) is 0.0775. The Balaban J connectivity index is 1.79. The molecule has 140 valence electrons. The molecule has 0 aliphatic heterocycles. The highest BCUT2D eigenvalue weighted by molar-refractivity contribution is 14.1. The summed E-state index contributed by atoms with van der Waals surface area (Å²) >= 11 is 3.28. The van der Waals surface area contributed by atoms with Crippen LogP contribution < -0.4 is 10.3 Å². The van der Waals surface area contributed by atoms with Crippen LogP contribution in [-0.4, -0.2) is 17.1 Å². The monoisotopic (exact) mass is 500 g/mol. The lowest BCUT2D eigenvalue weighted by atomic mass is 10.1. The van der Waals surface area contributed by atoms with Gasteiger partial charge in [-0.05, 0) is 58.0 Å². The van der Waals surface area contributed by atoms with Gasteiger partial charge < -0.3 is 9.72 Å². The molecule has 0 aliphatic rings. The lowest BCUT2D eigenvalue weighted by Crippen LogP contribution is -2.16. The fourth-order valence-electron chi connectivity index (χ4n) is 2.45. The van der Waals surface area contributed by atoms with E-state index < -0.39 is 11.6 Å². The van der Waals surface area contributed by atoms with Gasteiger partial charge in [0.25, 0.3) is 5.56 Å². The largest absolute Gasteiger partial charge is 0.497 e. The van der Waals surface area contributed by atoms with Crippen molar-refractivity contribution in [2.45, 2.75) is 17.3 Å². The molecule has 0 saturated carbocycles. The van der Waals surface area contributed by atoms with Crippen molar-refractivity contribution in [1.82, 2.24) is 9.97 Å². The molecule has 0 saturated heterocycles. The third-order valence-corrected chi connectivity index (χ3v) is 5.80. The molecule has 0 fully saturated rings. The van der Waals surface area contributed by atoms with Crippen LogP contribution in [0.4, 0.5) is 8.78 Å². The number of halogens is 3. The molecule has 0 spiro atoms. The van der Waals surface area contributed by atoms with Gasteiger partial charge in [-0.15, -0.1) is 0 Å². The molecule has 27 heavy (non-hydrogen) atoms. The van der Waals surface area contributed by atoms with Gasteiger partial charge in [0.1, 0.15) is 21.0 Å². The van der Waals surface area contributed by atoms with Gasteiger partial charge in [0, 0.05) is 18.2 Å². The molecule has 0 unspecified atom stereocenters. The number of hydrogen-bond donors (Lipinski definition) is 1. The number of nitrogens with zero attached hydrogens (tertiary/aromatic N) is 1. The minimum Gasteiger partial charge on any atom is -0.497 e. The number of aromatic nitrogens is 2. The van der Waals surface area contributed by atoms with Gasteiger partial charge in [-0.2, -0.15) is 0 Å². The Morgan fingerprint density at radius 2 is 1.78 bits per heavy atom. The van der Waals surface area contributed by atoms with Crippen molar-refractivity contribution in [3.05, 3.63) is 84.8 Å². The van der Waals surface area contributed by atoms with Crippen LogP contribution in [0.3, 0.4) is 0 Å². The average molecular weight is 500 g/mol. The number of ether oxygens (including phenoxy) is 1. The van der Waals surface area contributed by atoms with Gasteiger partial charge in [-0.1, -0.05) is 23.9 Å². The first-order chi connectivity index (χ1) is 12.9. The molecule has 1 N–H and O–H groups in total. The molecule has 0 atom stereocenters. The van der Waals surface area contributed by atoms with E-state index in [4.69, 9.17) is 4.74 Å². The predicted octanol–water partition coefficient (Wildman–Crippen LogP) is 4.54. The predicted molar refractivity (Wildman–Crippen MR) is 109 cm³/mol. The van der Waals surface area contributed by atoms with E-state index in [2.05, 4.69) is 9.97 Å². The van der Waals surface area contributed by atoms with E-state index in [9.17, 15) is 13.6 Å². The Morgan fingerprint density at radius 1 is 1.11 bits per heavy atom. The molecule has 3 aromatic rings. The second kappa shape index (κ2) is 8.83. The standard InChI is InChI=1S/C19H15F2IN2O2S/c1-26-15-4-2-11(3-5-15)10-27-19-23-16(17(22)18(25)24-19)8-12-6-13(20)9-14(21)7-12/h2-7,9H,8,10H2,1H3,(H,23,24,25). The van der Waals surface area contributed by atoms with Gasteiger partial charge >= 0.3 is 0 Å². The van der Waals surface area contributed by atoms with E-state index in [1.165, 1.54) is 23.9 Å². The van der Waals surface area contributed by atoms with Crippen LogP contribution in [-0.2, 0) is 12.2 Å². The third kappa shape index (κ3) is 5.29. The number of aromatic amines is 1. The fraction of sp³-hybridized carbons (Fsp3) is 0.158. The molecular formula is C19H15F2IN2O2S. The van der Waals surface area contributed by atoms with Gasteiger partial charge in [-0.25, -0.2) is 13.8 Å². The van der Waals surface area contributed by atoms with Crippen LogP contribution in [0.25, 0.3) is 0 Å². The maximum atomic E-state index is 13.4. The number of benzene rings is 2. The number of hydrogen-bond acceptors (Lipinski definition) is 4. The Morgan fingerprint density at radius 3 is 2.41 bits per heavy atom. The van der Waals surface area contributed by atoms with Crippen molar-refractivity contribution in [3.63, 3.8) is 0 Å². The number of nitrogens with one attached hydrogen (secondary N) is 1. The average Bonchev–Trinajstić information content (AvgIpc) is 2.63. The topological polar surface area (TPSA) is 55.0 Å². The number of methoxy groups -OCH3 is 1. The summed E-state index contributed by atoms with van der Waals surface area (Å²) in [5, 5.41) is 0.461. The third-order valence-electron chi connectivity index (χ3n) is 3.74. The van der Waals surface area contributed by atoms with Crippen molar-refractivity contribution in [2.75, 3.05) is 7.11 Å². The smallest absolute Gasteiger partial charge is 0.265 e. The summed E-state index contributed by atoms with van der Waals surface area (Å²) in [5.41, 5.74) is 1.70. The molecule has 8 heteroatoms. The van der Waals surface area contributed by atoms with Crippen LogP contribution >= 0.6 is 34.4 Å². The first kappa shape index (κ1) is 19.8. The molecule has 3 rings (SSSR count). The quantitative estimate of drug-likeness (QED) is 0.307. The van der Waals surface area contributed by atoms with E-state index in [1.807, 2.05) is 46.9 Å². The van der Waals surface area contributed by atoms with E-state index in [-0.39, 0.29) is 12.0 Å². The Kier molecular flexibility index (Phi) is 6.48. The summed E-state index contributed by atoms with van der Waals surface area (Å²) in [6.45, 7) is 0. The zero-order valence-electron chi connectivity index (χ0n) is 14.3. The van der Waals surface area contributed by atoms with E-state index in [0.717, 1.165) is 17.4 Å². The Hall–Kier alpha value is -1.94. The molecule has 0 aliphatic carbocycles. The van der Waals surface area contributed by atoms with Crippen molar-refractivity contribution < 1.29 is 13.5 Å².